The minimum Gasteiger partial charge on any atom is -0.462 e. The molecule has 0 saturated heterocycles. The number of nitro benzene ring substituents is 1. The molecule has 1 aromatic rings. The molecule has 20 heavy (non-hydrogen) atoms. The van der Waals surface area contributed by atoms with Crippen LogP contribution < -0.4 is 5.32 Å². The van der Waals surface area contributed by atoms with Crippen LogP contribution in [-0.4, -0.2) is 23.0 Å². The molecule has 0 atom stereocenters. The molecule has 0 radical (unpaired) electrons. The van der Waals surface area contributed by atoms with Gasteiger partial charge in [0, 0.05) is 11.6 Å². The van der Waals surface area contributed by atoms with E-state index < -0.39 is 10.9 Å². The first-order valence-corrected chi connectivity index (χ1v) is 6.60. The van der Waals surface area contributed by atoms with Crippen molar-refractivity contribution in [1.29, 1.82) is 0 Å². The Kier molecular flexibility index (Phi) is 3.65. The van der Waals surface area contributed by atoms with E-state index in [-0.39, 0.29) is 23.4 Å². The minimum absolute atomic E-state index is 0.0710. The van der Waals surface area contributed by atoms with Gasteiger partial charge >= 0.3 is 5.97 Å². The first-order valence-electron chi connectivity index (χ1n) is 6.60. The van der Waals surface area contributed by atoms with Gasteiger partial charge in [0.1, 0.15) is 5.69 Å². The lowest BCUT2D eigenvalue weighted by Crippen LogP contribution is -2.35. The molecular weight excluding hydrogens is 260 g/mol. The quantitative estimate of drug-likeness (QED) is 0.522. The molecule has 0 unspecified atom stereocenters. The summed E-state index contributed by atoms with van der Waals surface area (Å²) >= 11 is 0. The summed E-state index contributed by atoms with van der Waals surface area (Å²) in [6.45, 7) is 5.95. The van der Waals surface area contributed by atoms with Gasteiger partial charge in [-0.1, -0.05) is 0 Å². The van der Waals surface area contributed by atoms with Crippen LogP contribution in [0.15, 0.2) is 12.1 Å². The number of anilines is 1. The lowest BCUT2D eigenvalue weighted by Gasteiger charge is -2.33. The zero-order valence-corrected chi connectivity index (χ0v) is 11.9. The summed E-state index contributed by atoms with van der Waals surface area (Å²) in [6, 6.07) is 2.97. The number of hydrogen-bond donors (Lipinski definition) is 1. The van der Waals surface area contributed by atoms with Crippen LogP contribution in [0.5, 0.6) is 0 Å². The van der Waals surface area contributed by atoms with Crippen molar-refractivity contribution in [3.05, 3.63) is 33.4 Å². The van der Waals surface area contributed by atoms with E-state index >= 15 is 0 Å². The van der Waals surface area contributed by atoms with Crippen LogP contribution >= 0.6 is 0 Å². The maximum Gasteiger partial charge on any atom is 0.338 e. The monoisotopic (exact) mass is 278 g/mol. The number of ether oxygens (including phenoxy) is 1. The Morgan fingerprint density at radius 2 is 2.20 bits per heavy atom. The van der Waals surface area contributed by atoms with Gasteiger partial charge in [-0.25, -0.2) is 4.79 Å². The Hall–Kier alpha value is -2.11. The van der Waals surface area contributed by atoms with Crippen LogP contribution in [-0.2, 0) is 11.2 Å². The van der Waals surface area contributed by atoms with Crippen molar-refractivity contribution in [2.24, 2.45) is 0 Å². The van der Waals surface area contributed by atoms with E-state index in [4.69, 9.17) is 4.74 Å². The summed E-state index contributed by atoms with van der Waals surface area (Å²) in [4.78, 5) is 22.5. The number of nitro groups is 1. The highest BCUT2D eigenvalue weighted by atomic mass is 16.6. The number of carbonyl (C=O) groups excluding carboxylic acids is 1. The molecule has 108 valence electrons. The molecule has 0 spiro atoms. The molecule has 0 fully saturated rings. The average Bonchev–Trinajstić information content (AvgIpc) is 2.36. The Balaban J connectivity index is 2.50. The van der Waals surface area contributed by atoms with E-state index in [1.54, 1.807) is 13.0 Å². The maximum absolute atomic E-state index is 11.8. The Labute approximate surface area is 117 Å². The topological polar surface area (TPSA) is 81.5 Å². The second-order valence-electron chi connectivity index (χ2n) is 5.52. The largest absolute Gasteiger partial charge is 0.462 e. The highest BCUT2D eigenvalue weighted by Crippen LogP contribution is 2.38. The van der Waals surface area contributed by atoms with Gasteiger partial charge in [0.2, 0.25) is 0 Å². The SMILES string of the molecule is CCOC(=O)c1cc2c(c([N+](=O)[O-])c1)NC(C)(C)CC2. The van der Waals surface area contributed by atoms with E-state index in [0.717, 1.165) is 12.0 Å². The molecular formula is C14H18N2O4. The summed E-state index contributed by atoms with van der Waals surface area (Å²) in [5, 5.41) is 14.4. The zero-order chi connectivity index (χ0) is 14.9. The average molecular weight is 278 g/mol. The van der Waals surface area contributed by atoms with Gasteiger partial charge in [-0.15, -0.1) is 0 Å². The summed E-state index contributed by atoms with van der Waals surface area (Å²) < 4.78 is 4.91. The summed E-state index contributed by atoms with van der Waals surface area (Å²) in [7, 11) is 0. The van der Waals surface area contributed by atoms with Crippen molar-refractivity contribution < 1.29 is 14.5 Å². The van der Waals surface area contributed by atoms with Crippen LogP contribution in [0.25, 0.3) is 0 Å². The number of rotatable bonds is 3. The number of carbonyl (C=O) groups is 1. The molecule has 0 bridgehead atoms. The Morgan fingerprint density at radius 1 is 1.50 bits per heavy atom. The third-order valence-corrected chi connectivity index (χ3v) is 3.39. The van der Waals surface area contributed by atoms with Gasteiger partial charge in [0.25, 0.3) is 5.69 Å². The predicted molar refractivity (Wildman–Crippen MR) is 75.1 cm³/mol. The number of hydrogen-bond acceptors (Lipinski definition) is 5. The van der Waals surface area contributed by atoms with Gasteiger partial charge in [-0.05, 0) is 45.2 Å². The standard InChI is InChI=1S/C14H18N2O4/c1-4-20-13(17)10-7-9-5-6-14(2,3)15-12(9)11(8-10)16(18)19/h7-8,15H,4-6H2,1-3H3. The molecule has 0 aliphatic carbocycles. The fraction of sp³-hybridized carbons (Fsp3) is 0.500. The molecule has 0 amide bonds. The van der Waals surface area contributed by atoms with Crippen LogP contribution in [0, 0.1) is 10.1 Å². The zero-order valence-electron chi connectivity index (χ0n) is 11.9. The lowest BCUT2D eigenvalue weighted by atomic mass is 9.88. The molecule has 1 N–H and O–H groups in total. The van der Waals surface area contributed by atoms with Gasteiger partial charge in [-0.3, -0.25) is 10.1 Å². The first kappa shape index (κ1) is 14.3. The smallest absolute Gasteiger partial charge is 0.338 e. The molecule has 1 heterocycles. The number of esters is 1. The molecule has 1 aliphatic rings. The minimum atomic E-state index is -0.525. The van der Waals surface area contributed by atoms with Crippen molar-refractivity contribution in [1.82, 2.24) is 0 Å². The molecule has 0 saturated carbocycles. The summed E-state index contributed by atoms with van der Waals surface area (Å²) in [5.74, 6) is -0.525. The van der Waals surface area contributed by atoms with E-state index in [1.165, 1.54) is 6.07 Å². The third-order valence-electron chi connectivity index (χ3n) is 3.39. The molecule has 2 rings (SSSR count). The predicted octanol–water partition coefficient (Wildman–Crippen LogP) is 2.91. The second-order valence-corrected chi connectivity index (χ2v) is 5.52. The van der Waals surface area contributed by atoms with Crippen molar-refractivity contribution in [3.63, 3.8) is 0 Å². The van der Waals surface area contributed by atoms with Crippen LogP contribution in [0.3, 0.4) is 0 Å². The number of nitrogens with one attached hydrogen (secondary N) is 1. The first-order chi connectivity index (χ1) is 9.34. The van der Waals surface area contributed by atoms with Gasteiger partial charge in [0.15, 0.2) is 0 Å². The van der Waals surface area contributed by atoms with E-state index in [9.17, 15) is 14.9 Å². The van der Waals surface area contributed by atoms with Crippen LogP contribution in [0.1, 0.15) is 43.1 Å². The number of benzene rings is 1. The maximum atomic E-state index is 11.8. The van der Waals surface area contributed by atoms with Crippen molar-refractivity contribution in [2.45, 2.75) is 39.2 Å². The van der Waals surface area contributed by atoms with Gasteiger partial charge in [-0.2, -0.15) is 0 Å². The lowest BCUT2D eigenvalue weighted by molar-refractivity contribution is -0.384. The van der Waals surface area contributed by atoms with E-state index in [1.807, 2.05) is 13.8 Å². The summed E-state index contributed by atoms with van der Waals surface area (Å²) in [6.07, 6.45) is 1.55. The molecule has 6 nitrogen and oxygen atoms in total. The summed E-state index contributed by atoms with van der Waals surface area (Å²) in [5.41, 5.74) is 1.28. The van der Waals surface area contributed by atoms with Crippen LogP contribution in [0.4, 0.5) is 11.4 Å². The normalized spacial score (nSPS) is 15.9. The van der Waals surface area contributed by atoms with Crippen molar-refractivity contribution >= 4 is 17.3 Å². The highest BCUT2D eigenvalue weighted by Gasteiger charge is 2.31. The number of aryl methyl sites for hydroxylation is 1. The number of fused-ring (bicyclic) bond motifs is 1. The van der Waals surface area contributed by atoms with E-state index in [2.05, 4.69) is 5.32 Å². The van der Waals surface area contributed by atoms with Crippen LogP contribution in [0.2, 0.25) is 0 Å². The van der Waals surface area contributed by atoms with Crippen molar-refractivity contribution in [2.75, 3.05) is 11.9 Å². The fourth-order valence-electron chi connectivity index (χ4n) is 2.35. The van der Waals surface area contributed by atoms with Crippen molar-refractivity contribution in [3.8, 4) is 0 Å². The molecule has 1 aromatic carbocycles. The van der Waals surface area contributed by atoms with Gasteiger partial charge in [0.05, 0.1) is 17.1 Å². The molecule has 0 aromatic heterocycles. The van der Waals surface area contributed by atoms with E-state index in [0.29, 0.717) is 12.1 Å². The molecule has 6 heteroatoms. The molecule has 1 aliphatic heterocycles. The van der Waals surface area contributed by atoms with Gasteiger partial charge < -0.3 is 10.1 Å². The Morgan fingerprint density at radius 3 is 2.80 bits per heavy atom. The third kappa shape index (κ3) is 2.74. The highest BCUT2D eigenvalue weighted by molar-refractivity contribution is 5.92. The number of nitrogens with zero attached hydrogens (tertiary/aromatic N) is 1. The fourth-order valence-corrected chi connectivity index (χ4v) is 2.35. The Bertz CT molecular complexity index is 567. The second kappa shape index (κ2) is 5.11.